The molecular weight excluding hydrogens is 292 g/mol. The van der Waals surface area contributed by atoms with Crippen molar-refractivity contribution in [3.63, 3.8) is 0 Å². The van der Waals surface area contributed by atoms with E-state index >= 15 is 0 Å². The van der Waals surface area contributed by atoms with Gasteiger partial charge < -0.3 is 10.0 Å². The van der Waals surface area contributed by atoms with Gasteiger partial charge in [0.2, 0.25) is 0 Å². The van der Waals surface area contributed by atoms with Crippen LogP contribution in [0.25, 0.3) is 9.88 Å². The van der Waals surface area contributed by atoms with Crippen LogP contribution in [-0.4, -0.2) is 40.1 Å². The second-order valence-corrected chi connectivity index (χ2v) is 6.81. The van der Waals surface area contributed by atoms with Crippen molar-refractivity contribution in [3.8, 4) is 9.88 Å². The number of thiazole rings is 1. The Balaban J connectivity index is 1.87. The molecule has 0 saturated heterocycles. The standard InChI is InChI=1S/C14H16N2O2S2/c1-9-12(14(18)16(6-7-17)10-4-5-10)20-13(15-9)11-3-2-8-19-11/h2-3,8,10,17H,4-7H2,1H3. The van der Waals surface area contributed by atoms with Crippen LogP contribution < -0.4 is 0 Å². The van der Waals surface area contributed by atoms with Crippen LogP contribution in [0.5, 0.6) is 0 Å². The average Bonchev–Trinajstić information content (AvgIpc) is 2.98. The molecule has 1 N–H and O–H groups in total. The molecule has 4 nitrogen and oxygen atoms in total. The van der Waals surface area contributed by atoms with E-state index in [0.29, 0.717) is 17.5 Å². The largest absolute Gasteiger partial charge is 0.395 e. The summed E-state index contributed by atoms with van der Waals surface area (Å²) in [4.78, 5) is 20.7. The summed E-state index contributed by atoms with van der Waals surface area (Å²) < 4.78 is 0. The van der Waals surface area contributed by atoms with Gasteiger partial charge in [-0.15, -0.1) is 22.7 Å². The van der Waals surface area contributed by atoms with Crippen LogP contribution in [-0.2, 0) is 0 Å². The number of hydrogen-bond acceptors (Lipinski definition) is 5. The summed E-state index contributed by atoms with van der Waals surface area (Å²) in [7, 11) is 0. The molecule has 0 bridgehead atoms. The fourth-order valence-electron chi connectivity index (χ4n) is 2.17. The Kier molecular flexibility index (Phi) is 3.87. The monoisotopic (exact) mass is 308 g/mol. The molecule has 1 aliphatic rings. The van der Waals surface area contributed by atoms with Crippen LogP contribution >= 0.6 is 22.7 Å². The molecule has 106 valence electrons. The molecule has 0 aliphatic heterocycles. The molecule has 6 heteroatoms. The highest BCUT2D eigenvalue weighted by atomic mass is 32.1. The van der Waals surface area contributed by atoms with Crippen molar-refractivity contribution in [3.05, 3.63) is 28.1 Å². The molecule has 0 atom stereocenters. The van der Waals surface area contributed by atoms with Crippen molar-refractivity contribution in [2.24, 2.45) is 0 Å². The van der Waals surface area contributed by atoms with Crippen LogP contribution in [0.2, 0.25) is 0 Å². The zero-order valence-corrected chi connectivity index (χ0v) is 12.8. The maximum absolute atomic E-state index is 12.6. The van der Waals surface area contributed by atoms with E-state index in [-0.39, 0.29) is 12.5 Å². The highest BCUT2D eigenvalue weighted by Gasteiger charge is 2.34. The SMILES string of the molecule is Cc1nc(-c2cccs2)sc1C(=O)N(CCO)C1CC1. The minimum absolute atomic E-state index is 0.0118. The zero-order chi connectivity index (χ0) is 14.1. The van der Waals surface area contributed by atoms with E-state index in [1.807, 2.05) is 24.4 Å². The van der Waals surface area contributed by atoms with E-state index in [2.05, 4.69) is 4.98 Å². The van der Waals surface area contributed by atoms with E-state index < -0.39 is 0 Å². The average molecular weight is 308 g/mol. The number of carbonyl (C=O) groups is 1. The molecule has 0 radical (unpaired) electrons. The van der Waals surface area contributed by atoms with Gasteiger partial charge in [0.05, 0.1) is 17.2 Å². The Morgan fingerprint density at radius 2 is 2.35 bits per heavy atom. The first-order valence-electron chi connectivity index (χ1n) is 6.64. The van der Waals surface area contributed by atoms with Crippen molar-refractivity contribution in [2.75, 3.05) is 13.2 Å². The van der Waals surface area contributed by atoms with Crippen LogP contribution in [0, 0.1) is 6.92 Å². The van der Waals surface area contributed by atoms with Gasteiger partial charge >= 0.3 is 0 Å². The van der Waals surface area contributed by atoms with E-state index in [1.165, 1.54) is 11.3 Å². The van der Waals surface area contributed by atoms with Crippen LogP contribution in [0.1, 0.15) is 28.2 Å². The predicted molar refractivity (Wildman–Crippen MR) is 81.3 cm³/mol. The molecule has 0 aromatic carbocycles. The molecule has 1 amide bonds. The Morgan fingerprint density at radius 3 is 2.95 bits per heavy atom. The molecule has 2 heterocycles. The molecule has 1 fully saturated rings. The predicted octanol–water partition coefficient (Wildman–Crippen LogP) is 2.78. The first-order valence-corrected chi connectivity index (χ1v) is 8.33. The quantitative estimate of drug-likeness (QED) is 0.924. The number of aliphatic hydroxyl groups is 1. The van der Waals surface area contributed by atoms with Crippen LogP contribution in [0.15, 0.2) is 17.5 Å². The topological polar surface area (TPSA) is 53.4 Å². The van der Waals surface area contributed by atoms with E-state index in [4.69, 9.17) is 5.11 Å². The summed E-state index contributed by atoms with van der Waals surface area (Å²) in [6.07, 6.45) is 2.09. The number of thiophene rings is 1. The van der Waals surface area contributed by atoms with Crippen LogP contribution in [0.3, 0.4) is 0 Å². The Hall–Kier alpha value is -1.24. The van der Waals surface area contributed by atoms with Crippen molar-refractivity contribution in [2.45, 2.75) is 25.8 Å². The number of carbonyl (C=O) groups excluding carboxylic acids is 1. The third-order valence-electron chi connectivity index (χ3n) is 3.31. The number of aromatic nitrogens is 1. The summed E-state index contributed by atoms with van der Waals surface area (Å²) in [5.74, 6) is 0.0133. The van der Waals surface area contributed by atoms with E-state index in [0.717, 1.165) is 28.4 Å². The lowest BCUT2D eigenvalue weighted by Crippen LogP contribution is -2.35. The highest BCUT2D eigenvalue weighted by Crippen LogP contribution is 2.34. The van der Waals surface area contributed by atoms with Crippen molar-refractivity contribution in [1.29, 1.82) is 0 Å². The fraction of sp³-hybridized carbons (Fsp3) is 0.429. The first kappa shape index (κ1) is 13.7. The number of hydrogen-bond donors (Lipinski definition) is 1. The van der Waals surface area contributed by atoms with Crippen molar-refractivity contribution < 1.29 is 9.90 Å². The third kappa shape index (κ3) is 2.63. The lowest BCUT2D eigenvalue weighted by molar-refractivity contribution is 0.0711. The minimum atomic E-state index is 0.0118. The van der Waals surface area contributed by atoms with Gasteiger partial charge in [0.25, 0.3) is 5.91 Å². The van der Waals surface area contributed by atoms with Gasteiger partial charge in [-0.25, -0.2) is 4.98 Å². The highest BCUT2D eigenvalue weighted by molar-refractivity contribution is 7.22. The Bertz CT molecular complexity index is 603. The molecule has 1 aliphatic carbocycles. The summed E-state index contributed by atoms with van der Waals surface area (Å²) in [5, 5.41) is 12.0. The molecular formula is C14H16N2O2S2. The van der Waals surface area contributed by atoms with Gasteiger partial charge in [0, 0.05) is 12.6 Å². The van der Waals surface area contributed by atoms with E-state index in [1.54, 1.807) is 16.2 Å². The second kappa shape index (κ2) is 5.63. The smallest absolute Gasteiger partial charge is 0.266 e. The van der Waals surface area contributed by atoms with Gasteiger partial charge in [0.1, 0.15) is 9.88 Å². The molecule has 1 saturated carbocycles. The minimum Gasteiger partial charge on any atom is -0.395 e. The van der Waals surface area contributed by atoms with Crippen LogP contribution in [0.4, 0.5) is 0 Å². The lowest BCUT2D eigenvalue weighted by Gasteiger charge is -2.20. The van der Waals surface area contributed by atoms with E-state index in [9.17, 15) is 4.79 Å². The van der Waals surface area contributed by atoms with Gasteiger partial charge in [0.15, 0.2) is 0 Å². The molecule has 3 rings (SSSR count). The van der Waals surface area contributed by atoms with Crippen molar-refractivity contribution in [1.82, 2.24) is 9.88 Å². The summed E-state index contributed by atoms with van der Waals surface area (Å²) in [5.41, 5.74) is 0.784. The van der Waals surface area contributed by atoms with Gasteiger partial charge in [-0.2, -0.15) is 0 Å². The third-order valence-corrected chi connectivity index (χ3v) is 5.50. The normalized spacial score (nSPS) is 14.5. The number of aryl methyl sites for hydroxylation is 1. The summed E-state index contributed by atoms with van der Waals surface area (Å²) >= 11 is 3.08. The molecule has 2 aromatic rings. The Labute approximate surface area is 125 Å². The Morgan fingerprint density at radius 1 is 1.55 bits per heavy atom. The molecule has 0 unspecified atom stereocenters. The fourth-order valence-corrected chi connectivity index (χ4v) is 3.99. The number of nitrogens with zero attached hydrogens (tertiary/aromatic N) is 2. The maximum Gasteiger partial charge on any atom is 0.266 e. The summed E-state index contributed by atoms with van der Waals surface area (Å²) in [6.45, 7) is 2.30. The molecule has 2 aromatic heterocycles. The lowest BCUT2D eigenvalue weighted by atomic mass is 10.3. The number of aliphatic hydroxyl groups excluding tert-OH is 1. The summed E-state index contributed by atoms with van der Waals surface area (Å²) in [6, 6.07) is 4.31. The van der Waals surface area contributed by atoms with Gasteiger partial charge in [-0.3, -0.25) is 4.79 Å². The van der Waals surface area contributed by atoms with Crippen molar-refractivity contribution >= 4 is 28.6 Å². The zero-order valence-electron chi connectivity index (χ0n) is 11.2. The molecule has 20 heavy (non-hydrogen) atoms. The number of amides is 1. The van der Waals surface area contributed by atoms with Gasteiger partial charge in [-0.1, -0.05) is 6.07 Å². The van der Waals surface area contributed by atoms with Gasteiger partial charge in [-0.05, 0) is 31.2 Å². The number of rotatable bonds is 5. The maximum atomic E-state index is 12.6. The first-order chi connectivity index (χ1) is 9.70. The molecule has 0 spiro atoms. The second-order valence-electron chi connectivity index (χ2n) is 4.86.